The summed E-state index contributed by atoms with van der Waals surface area (Å²) < 4.78 is 2.26. The average Bonchev–Trinajstić information content (AvgIpc) is 2.81. The van der Waals surface area contributed by atoms with E-state index in [4.69, 9.17) is 0 Å². The van der Waals surface area contributed by atoms with Crippen molar-refractivity contribution in [1.29, 1.82) is 0 Å². The SMILES string of the molecule is CCCCC(CC)Cn1cnc(CNCC(C)C)c1. The molecule has 1 atom stereocenters. The van der Waals surface area contributed by atoms with Crippen molar-refractivity contribution in [2.45, 2.75) is 66.5 Å². The second-order valence-electron chi connectivity index (χ2n) is 6.00. The summed E-state index contributed by atoms with van der Waals surface area (Å²) >= 11 is 0. The maximum atomic E-state index is 4.48. The van der Waals surface area contributed by atoms with Gasteiger partial charge in [0.25, 0.3) is 0 Å². The van der Waals surface area contributed by atoms with Crippen LogP contribution in [0.15, 0.2) is 12.5 Å². The molecule has 0 aliphatic rings. The fourth-order valence-electron chi connectivity index (χ4n) is 2.30. The van der Waals surface area contributed by atoms with Gasteiger partial charge in [0.05, 0.1) is 12.0 Å². The number of nitrogens with one attached hydrogen (secondary N) is 1. The van der Waals surface area contributed by atoms with Crippen LogP contribution < -0.4 is 5.32 Å². The van der Waals surface area contributed by atoms with Crippen molar-refractivity contribution in [2.75, 3.05) is 6.54 Å². The van der Waals surface area contributed by atoms with Crippen molar-refractivity contribution < 1.29 is 0 Å². The Labute approximate surface area is 118 Å². The second-order valence-corrected chi connectivity index (χ2v) is 6.00. The Balaban J connectivity index is 2.36. The van der Waals surface area contributed by atoms with Crippen molar-refractivity contribution in [3.63, 3.8) is 0 Å². The predicted molar refractivity (Wildman–Crippen MR) is 82.1 cm³/mol. The highest BCUT2D eigenvalue weighted by Crippen LogP contribution is 2.15. The minimum Gasteiger partial charge on any atom is -0.337 e. The van der Waals surface area contributed by atoms with Crippen molar-refractivity contribution in [2.24, 2.45) is 11.8 Å². The molecule has 3 nitrogen and oxygen atoms in total. The molecular weight excluding hydrogens is 234 g/mol. The molecular formula is C16H31N3. The van der Waals surface area contributed by atoms with Crippen LogP contribution in [0.2, 0.25) is 0 Å². The maximum absolute atomic E-state index is 4.48. The quantitative estimate of drug-likeness (QED) is 0.696. The molecule has 0 radical (unpaired) electrons. The van der Waals surface area contributed by atoms with Gasteiger partial charge < -0.3 is 9.88 Å². The van der Waals surface area contributed by atoms with E-state index in [1.165, 1.54) is 25.7 Å². The van der Waals surface area contributed by atoms with Crippen molar-refractivity contribution in [3.8, 4) is 0 Å². The van der Waals surface area contributed by atoms with E-state index >= 15 is 0 Å². The Morgan fingerprint density at radius 1 is 1.32 bits per heavy atom. The zero-order valence-corrected chi connectivity index (χ0v) is 13.2. The van der Waals surface area contributed by atoms with Gasteiger partial charge >= 0.3 is 0 Å². The van der Waals surface area contributed by atoms with Gasteiger partial charge in [-0.1, -0.05) is 47.0 Å². The largest absolute Gasteiger partial charge is 0.337 e. The van der Waals surface area contributed by atoms with Crippen LogP contribution >= 0.6 is 0 Å². The van der Waals surface area contributed by atoms with Gasteiger partial charge in [-0.3, -0.25) is 0 Å². The molecule has 0 aliphatic carbocycles. The number of rotatable bonds is 10. The standard InChI is InChI=1S/C16H31N3/c1-5-7-8-15(6-2)11-19-12-16(18-13-19)10-17-9-14(3)4/h12-15,17H,5-11H2,1-4H3. The third-order valence-electron chi connectivity index (χ3n) is 3.56. The zero-order valence-electron chi connectivity index (χ0n) is 13.2. The lowest BCUT2D eigenvalue weighted by atomic mass is 9.99. The first-order valence-electron chi connectivity index (χ1n) is 7.87. The first-order chi connectivity index (χ1) is 9.15. The molecule has 0 saturated carbocycles. The van der Waals surface area contributed by atoms with Crippen molar-refractivity contribution in [1.82, 2.24) is 14.9 Å². The highest BCUT2D eigenvalue weighted by molar-refractivity contribution is 4.96. The number of aromatic nitrogens is 2. The van der Waals surface area contributed by atoms with Crippen LogP contribution in [0.3, 0.4) is 0 Å². The lowest BCUT2D eigenvalue weighted by molar-refractivity contribution is 0.390. The van der Waals surface area contributed by atoms with E-state index in [9.17, 15) is 0 Å². The first-order valence-corrected chi connectivity index (χ1v) is 7.87. The Morgan fingerprint density at radius 3 is 2.74 bits per heavy atom. The summed E-state index contributed by atoms with van der Waals surface area (Å²) in [4.78, 5) is 4.48. The summed E-state index contributed by atoms with van der Waals surface area (Å²) in [6.45, 7) is 12.1. The Bertz CT molecular complexity index is 330. The molecule has 0 amide bonds. The summed E-state index contributed by atoms with van der Waals surface area (Å²) in [5.41, 5.74) is 1.16. The van der Waals surface area contributed by atoms with Crippen LogP contribution in [0, 0.1) is 11.8 Å². The molecule has 0 fully saturated rings. The van der Waals surface area contributed by atoms with Gasteiger partial charge in [-0.05, 0) is 24.8 Å². The summed E-state index contributed by atoms with van der Waals surface area (Å²) in [7, 11) is 0. The molecule has 0 aliphatic heterocycles. The number of unbranched alkanes of at least 4 members (excludes halogenated alkanes) is 1. The van der Waals surface area contributed by atoms with E-state index < -0.39 is 0 Å². The average molecular weight is 265 g/mol. The van der Waals surface area contributed by atoms with Gasteiger partial charge in [0.1, 0.15) is 0 Å². The van der Waals surface area contributed by atoms with Crippen LogP contribution in [-0.2, 0) is 13.1 Å². The molecule has 0 aromatic carbocycles. The molecule has 19 heavy (non-hydrogen) atoms. The molecule has 1 aromatic heterocycles. The second kappa shape index (κ2) is 9.13. The topological polar surface area (TPSA) is 29.9 Å². The molecule has 0 saturated heterocycles. The number of hydrogen-bond acceptors (Lipinski definition) is 2. The van der Waals surface area contributed by atoms with Crippen LogP contribution in [0.1, 0.15) is 59.1 Å². The van der Waals surface area contributed by atoms with E-state index in [0.29, 0.717) is 5.92 Å². The molecule has 0 spiro atoms. The zero-order chi connectivity index (χ0) is 14.1. The Kier molecular flexibility index (Phi) is 7.80. The Hall–Kier alpha value is -0.830. The summed E-state index contributed by atoms with van der Waals surface area (Å²) in [6, 6.07) is 0. The minimum absolute atomic E-state index is 0.695. The van der Waals surface area contributed by atoms with Gasteiger partial charge in [-0.15, -0.1) is 0 Å². The normalized spacial score (nSPS) is 13.1. The molecule has 1 N–H and O–H groups in total. The van der Waals surface area contributed by atoms with Gasteiger partial charge in [-0.25, -0.2) is 4.98 Å². The van der Waals surface area contributed by atoms with E-state index in [0.717, 1.165) is 31.2 Å². The highest BCUT2D eigenvalue weighted by Gasteiger charge is 2.07. The lowest BCUT2D eigenvalue weighted by Gasteiger charge is -2.14. The molecule has 3 heteroatoms. The molecule has 1 unspecified atom stereocenters. The third kappa shape index (κ3) is 6.76. The fraction of sp³-hybridized carbons (Fsp3) is 0.812. The van der Waals surface area contributed by atoms with Crippen LogP contribution in [-0.4, -0.2) is 16.1 Å². The summed E-state index contributed by atoms with van der Waals surface area (Å²) in [5, 5.41) is 3.44. The molecule has 1 heterocycles. The monoisotopic (exact) mass is 265 g/mol. The summed E-state index contributed by atoms with van der Waals surface area (Å²) in [5.74, 6) is 1.49. The number of nitrogens with zero attached hydrogens (tertiary/aromatic N) is 2. The van der Waals surface area contributed by atoms with Gasteiger partial charge in [0.15, 0.2) is 0 Å². The third-order valence-corrected chi connectivity index (χ3v) is 3.56. The van der Waals surface area contributed by atoms with Crippen molar-refractivity contribution in [3.05, 3.63) is 18.2 Å². The molecule has 110 valence electrons. The van der Waals surface area contributed by atoms with Crippen LogP contribution in [0.25, 0.3) is 0 Å². The molecule has 1 aromatic rings. The summed E-state index contributed by atoms with van der Waals surface area (Å²) in [6.07, 6.45) is 9.43. The maximum Gasteiger partial charge on any atom is 0.0950 e. The van der Waals surface area contributed by atoms with Gasteiger partial charge in [-0.2, -0.15) is 0 Å². The smallest absolute Gasteiger partial charge is 0.0950 e. The van der Waals surface area contributed by atoms with Gasteiger partial charge in [0, 0.05) is 19.3 Å². The van der Waals surface area contributed by atoms with E-state index in [-0.39, 0.29) is 0 Å². The van der Waals surface area contributed by atoms with Crippen LogP contribution in [0.5, 0.6) is 0 Å². The van der Waals surface area contributed by atoms with E-state index in [1.54, 1.807) is 0 Å². The van der Waals surface area contributed by atoms with Gasteiger partial charge in [0.2, 0.25) is 0 Å². The highest BCUT2D eigenvalue weighted by atomic mass is 15.0. The van der Waals surface area contributed by atoms with Crippen molar-refractivity contribution >= 4 is 0 Å². The van der Waals surface area contributed by atoms with E-state index in [2.05, 4.69) is 48.8 Å². The number of hydrogen-bond donors (Lipinski definition) is 1. The lowest BCUT2D eigenvalue weighted by Crippen LogP contribution is -2.19. The number of imidazole rings is 1. The fourth-order valence-corrected chi connectivity index (χ4v) is 2.30. The van der Waals surface area contributed by atoms with E-state index in [1.807, 2.05) is 6.33 Å². The Morgan fingerprint density at radius 2 is 2.11 bits per heavy atom. The minimum atomic E-state index is 0.695. The first kappa shape index (κ1) is 16.2. The molecule has 1 rings (SSSR count). The molecule has 0 bridgehead atoms. The predicted octanol–water partition coefficient (Wildman–Crippen LogP) is 3.85. The van der Waals surface area contributed by atoms with Crippen LogP contribution in [0.4, 0.5) is 0 Å².